The van der Waals surface area contributed by atoms with Crippen LogP contribution in [0.15, 0.2) is 24.3 Å². The second-order valence-electron chi connectivity index (χ2n) is 5.00. The maximum Gasteiger partial charge on any atom is 0.123 e. The van der Waals surface area contributed by atoms with E-state index in [1.807, 2.05) is 6.07 Å². The molecule has 1 aromatic rings. The van der Waals surface area contributed by atoms with E-state index >= 15 is 0 Å². The minimum atomic E-state index is -0.121. The number of unbranched alkanes of at least 4 members (excludes halogenated alkanes) is 1. The number of hydrogen-bond donors (Lipinski definition) is 1. The van der Waals surface area contributed by atoms with E-state index in [0.29, 0.717) is 6.04 Å². The van der Waals surface area contributed by atoms with Gasteiger partial charge in [0.2, 0.25) is 0 Å². The Labute approximate surface area is 109 Å². The molecule has 1 fully saturated rings. The number of halogens is 1. The predicted molar refractivity (Wildman–Crippen MR) is 73.1 cm³/mol. The van der Waals surface area contributed by atoms with Crippen LogP contribution in [0.1, 0.15) is 37.8 Å². The van der Waals surface area contributed by atoms with Gasteiger partial charge in [-0.25, -0.2) is 4.39 Å². The fourth-order valence-corrected chi connectivity index (χ4v) is 2.67. The third-order valence-electron chi connectivity index (χ3n) is 3.66. The molecule has 1 saturated heterocycles. The normalized spacial score (nSPS) is 18.8. The van der Waals surface area contributed by atoms with Gasteiger partial charge >= 0.3 is 0 Å². The second-order valence-corrected chi connectivity index (χ2v) is 5.00. The third-order valence-corrected chi connectivity index (χ3v) is 3.66. The zero-order valence-electron chi connectivity index (χ0n) is 11.2. The molecular formula is C15H23FN2. The van der Waals surface area contributed by atoms with Crippen LogP contribution in [0.25, 0.3) is 0 Å². The number of piperazine rings is 1. The van der Waals surface area contributed by atoms with Crippen molar-refractivity contribution in [2.45, 2.75) is 32.2 Å². The quantitative estimate of drug-likeness (QED) is 0.864. The van der Waals surface area contributed by atoms with Crippen LogP contribution < -0.4 is 5.32 Å². The summed E-state index contributed by atoms with van der Waals surface area (Å²) in [6, 6.07) is 7.49. The van der Waals surface area contributed by atoms with Gasteiger partial charge < -0.3 is 5.32 Å². The van der Waals surface area contributed by atoms with Gasteiger partial charge in [-0.2, -0.15) is 0 Å². The van der Waals surface area contributed by atoms with Crippen molar-refractivity contribution in [2.75, 3.05) is 26.2 Å². The number of rotatable bonds is 5. The molecule has 0 spiro atoms. The number of nitrogens with one attached hydrogen (secondary N) is 1. The van der Waals surface area contributed by atoms with Crippen molar-refractivity contribution in [3.05, 3.63) is 35.6 Å². The minimum absolute atomic E-state index is 0.121. The molecule has 1 atom stereocenters. The topological polar surface area (TPSA) is 15.3 Å². The average Bonchev–Trinajstić information content (AvgIpc) is 2.40. The lowest BCUT2D eigenvalue weighted by Crippen LogP contribution is -2.45. The number of nitrogens with zero attached hydrogens (tertiary/aromatic N) is 1. The van der Waals surface area contributed by atoms with Crippen LogP contribution in [0.2, 0.25) is 0 Å². The molecule has 18 heavy (non-hydrogen) atoms. The highest BCUT2D eigenvalue weighted by Gasteiger charge is 2.21. The first kappa shape index (κ1) is 13.5. The highest BCUT2D eigenvalue weighted by molar-refractivity contribution is 5.20. The summed E-state index contributed by atoms with van der Waals surface area (Å²) in [6.07, 6.45) is 3.52. The first-order chi connectivity index (χ1) is 8.81. The molecule has 2 rings (SSSR count). The summed E-state index contributed by atoms with van der Waals surface area (Å²) < 4.78 is 13.4. The molecule has 100 valence electrons. The summed E-state index contributed by atoms with van der Waals surface area (Å²) in [5.74, 6) is -0.121. The van der Waals surface area contributed by atoms with Gasteiger partial charge in [0.15, 0.2) is 0 Å². The lowest BCUT2D eigenvalue weighted by molar-refractivity contribution is 0.163. The van der Waals surface area contributed by atoms with Crippen LogP contribution in [0.5, 0.6) is 0 Å². The van der Waals surface area contributed by atoms with Crippen LogP contribution in [-0.4, -0.2) is 31.1 Å². The molecule has 0 saturated carbocycles. The third kappa shape index (κ3) is 3.53. The fraction of sp³-hybridized carbons (Fsp3) is 0.600. The molecule has 1 aliphatic heterocycles. The largest absolute Gasteiger partial charge is 0.314 e. The van der Waals surface area contributed by atoms with E-state index in [1.54, 1.807) is 6.07 Å². The van der Waals surface area contributed by atoms with Crippen LogP contribution >= 0.6 is 0 Å². The summed E-state index contributed by atoms with van der Waals surface area (Å²) in [6.45, 7) is 6.41. The van der Waals surface area contributed by atoms with Crippen molar-refractivity contribution in [3.8, 4) is 0 Å². The zero-order chi connectivity index (χ0) is 12.8. The Hall–Kier alpha value is -0.930. The molecule has 1 aromatic carbocycles. The summed E-state index contributed by atoms with van der Waals surface area (Å²) >= 11 is 0. The SMILES string of the molecule is CCCC[C@@H](c1cccc(F)c1)N1CCNCC1. The van der Waals surface area contributed by atoms with Crippen molar-refractivity contribution in [3.63, 3.8) is 0 Å². The Kier molecular flexibility index (Phi) is 5.14. The molecule has 0 unspecified atom stereocenters. The zero-order valence-corrected chi connectivity index (χ0v) is 11.2. The van der Waals surface area contributed by atoms with Crippen molar-refractivity contribution < 1.29 is 4.39 Å². The van der Waals surface area contributed by atoms with Gasteiger partial charge in [-0.3, -0.25) is 4.90 Å². The van der Waals surface area contributed by atoms with Gasteiger partial charge in [-0.05, 0) is 24.1 Å². The smallest absolute Gasteiger partial charge is 0.123 e. The maximum atomic E-state index is 13.4. The van der Waals surface area contributed by atoms with Gasteiger partial charge in [0.1, 0.15) is 5.82 Å². The van der Waals surface area contributed by atoms with Crippen molar-refractivity contribution in [2.24, 2.45) is 0 Å². The molecule has 0 bridgehead atoms. The minimum Gasteiger partial charge on any atom is -0.314 e. The van der Waals surface area contributed by atoms with Gasteiger partial charge in [-0.15, -0.1) is 0 Å². The first-order valence-corrected chi connectivity index (χ1v) is 7.01. The van der Waals surface area contributed by atoms with Crippen LogP contribution in [-0.2, 0) is 0 Å². The molecule has 0 aliphatic carbocycles. The molecule has 3 heteroatoms. The van der Waals surface area contributed by atoms with Crippen LogP contribution in [0.3, 0.4) is 0 Å². The van der Waals surface area contributed by atoms with E-state index in [-0.39, 0.29) is 5.82 Å². The monoisotopic (exact) mass is 250 g/mol. The van der Waals surface area contributed by atoms with Crippen LogP contribution in [0.4, 0.5) is 4.39 Å². The lowest BCUT2D eigenvalue weighted by atomic mass is 9.98. The maximum absolute atomic E-state index is 13.4. The summed E-state index contributed by atoms with van der Waals surface area (Å²) in [5, 5.41) is 3.37. The van der Waals surface area contributed by atoms with E-state index < -0.39 is 0 Å². The molecular weight excluding hydrogens is 227 g/mol. The standard InChI is InChI=1S/C15H23FN2/c1-2-3-7-15(18-10-8-17-9-11-18)13-5-4-6-14(16)12-13/h4-6,12,15,17H,2-3,7-11H2,1H3/t15-/m0/s1. The highest BCUT2D eigenvalue weighted by atomic mass is 19.1. The molecule has 0 aromatic heterocycles. The first-order valence-electron chi connectivity index (χ1n) is 7.01. The van der Waals surface area contributed by atoms with Gasteiger partial charge in [-0.1, -0.05) is 31.9 Å². The van der Waals surface area contributed by atoms with Gasteiger partial charge in [0.25, 0.3) is 0 Å². The number of hydrogen-bond acceptors (Lipinski definition) is 2. The summed E-state index contributed by atoms with van der Waals surface area (Å²) in [4.78, 5) is 2.49. The Morgan fingerprint density at radius 3 is 2.78 bits per heavy atom. The van der Waals surface area contributed by atoms with Gasteiger partial charge in [0, 0.05) is 32.2 Å². The Balaban J connectivity index is 2.12. The van der Waals surface area contributed by atoms with E-state index in [2.05, 4.69) is 23.2 Å². The second kappa shape index (κ2) is 6.86. The van der Waals surface area contributed by atoms with E-state index in [0.717, 1.165) is 38.2 Å². The lowest BCUT2D eigenvalue weighted by Gasteiger charge is -2.35. The Morgan fingerprint density at radius 2 is 2.11 bits per heavy atom. The van der Waals surface area contributed by atoms with Crippen molar-refractivity contribution in [1.82, 2.24) is 10.2 Å². The number of benzene rings is 1. The molecule has 1 aliphatic rings. The Morgan fingerprint density at radius 1 is 1.33 bits per heavy atom. The van der Waals surface area contributed by atoms with E-state index in [9.17, 15) is 4.39 Å². The molecule has 1 N–H and O–H groups in total. The van der Waals surface area contributed by atoms with Crippen molar-refractivity contribution >= 4 is 0 Å². The summed E-state index contributed by atoms with van der Waals surface area (Å²) in [7, 11) is 0. The van der Waals surface area contributed by atoms with E-state index in [1.165, 1.54) is 18.9 Å². The molecule has 2 nitrogen and oxygen atoms in total. The van der Waals surface area contributed by atoms with E-state index in [4.69, 9.17) is 0 Å². The van der Waals surface area contributed by atoms with Gasteiger partial charge in [0.05, 0.1) is 0 Å². The van der Waals surface area contributed by atoms with Crippen LogP contribution in [0, 0.1) is 5.82 Å². The molecule has 1 heterocycles. The molecule has 0 radical (unpaired) electrons. The average molecular weight is 250 g/mol. The highest BCUT2D eigenvalue weighted by Crippen LogP contribution is 2.27. The summed E-state index contributed by atoms with van der Waals surface area (Å²) in [5.41, 5.74) is 1.13. The predicted octanol–water partition coefficient (Wildman–Crippen LogP) is 2.96. The molecule has 0 amide bonds. The van der Waals surface area contributed by atoms with Crippen molar-refractivity contribution in [1.29, 1.82) is 0 Å². The Bertz CT molecular complexity index is 361. The fourth-order valence-electron chi connectivity index (χ4n) is 2.67.